The number of anilines is 1. The van der Waals surface area contributed by atoms with E-state index in [4.69, 9.17) is 21.1 Å². The molecule has 4 aromatic rings. The fourth-order valence-corrected chi connectivity index (χ4v) is 5.85. The Hall–Kier alpha value is -3.75. The first-order valence-corrected chi connectivity index (χ1v) is 14.0. The SMILES string of the molecule is CCOC(=O)C1(c2ccc(-c3ccc(-c4sc(Cl)cc4NC(=O)OC(C)c4ccc(F)cc4F)cc3)cc2)CC1. The molecule has 3 aromatic carbocycles. The Morgan fingerprint density at radius 3 is 2.20 bits per heavy atom. The smallest absolute Gasteiger partial charge is 0.412 e. The third-order valence-electron chi connectivity index (χ3n) is 6.96. The molecule has 1 amide bonds. The van der Waals surface area contributed by atoms with E-state index in [2.05, 4.69) is 5.32 Å². The van der Waals surface area contributed by atoms with Gasteiger partial charge in [-0.1, -0.05) is 60.1 Å². The van der Waals surface area contributed by atoms with Crippen molar-refractivity contribution in [2.45, 2.75) is 38.2 Å². The van der Waals surface area contributed by atoms with Crippen molar-refractivity contribution in [3.8, 4) is 21.6 Å². The highest BCUT2D eigenvalue weighted by Crippen LogP contribution is 2.49. The monoisotopic (exact) mass is 581 g/mol. The summed E-state index contributed by atoms with van der Waals surface area (Å²) >= 11 is 7.57. The highest BCUT2D eigenvalue weighted by Gasteiger charge is 2.52. The number of hydrogen-bond acceptors (Lipinski definition) is 5. The summed E-state index contributed by atoms with van der Waals surface area (Å²) < 4.78 is 38.3. The van der Waals surface area contributed by atoms with Crippen LogP contribution in [-0.4, -0.2) is 18.7 Å². The molecule has 1 fully saturated rings. The number of amides is 1. The topological polar surface area (TPSA) is 64.6 Å². The van der Waals surface area contributed by atoms with Crippen molar-refractivity contribution >= 4 is 40.7 Å². The number of hydrogen-bond donors (Lipinski definition) is 1. The predicted octanol–water partition coefficient (Wildman–Crippen LogP) is 8.92. The molecule has 0 aliphatic heterocycles. The lowest BCUT2D eigenvalue weighted by molar-refractivity contribution is -0.146. The third-order valence-corrected chi connectivity index (χ3v) is 8.27. The van der Waals surface area contributed by atoms with Gasteiger partial charge in [0.2, 0.25) is 0 Å². The molecule has 1 unspecified atom stereocenters. The van der Waals surface area contributed by atoms with Crippen molar-refractivity contribution in [1.29, 1.82) is 0 Å². The van der Waals surface area contributed by atoms with Gasteiger partial charge in [-0.25, -0.2) is 13.6 Å². The molecule has 1 saturated carbocycles. The standard InChI is InChI=1S/C31H26ClF2NO4S/c1-3-38-29(36)31(14-15-31)22-10-8-20(9-11-22)19-4-6-21(7-5-19)28-26(17-27(32)40-28)35-30(37)39-18(2)24-13-12-23(33)16-25(24)34/h4-13,16-18H,3,14-15H2,1-2H3,(H,35,37). The maximum Gasteiger partial charge on any atom is 0.412 e. The number of nitrogens with one attached hydrogen (secondary N) is 1. The summed E-state index contributed by atoms with van der Waals surface area (Å²) in [7, 11) is 0. The Balaban J connectivity index is 1.28. The van der Waals surface area contributed by atoms with Crippen LogP contribution in [0.4, 0.5) is 19.3 Å². The number of carbonyl (C=O) groups is 2. The largest absolute Gasteiger partial charge is 0.465 e. The Morgan fingerprint density at radius 2 is 1.60 bits per heavy atom. The maximum absolute atomic E-state index is 14.1. The second-order valence-corrected chi connectivity index (χ2v) is 11.3. The second kappa shape index (κ2) is 11.4. The van der Waals surface area contributed by atoms with E-state index in [1.165, 1.54) is 24.3 Å². The van der Waals surface area contributed by atoms with Crippen LogP contribution in [-0.2, 0) is 19.7 Å². The van der Waals surface area contributed by atoms with Crippen LogP contribution in [0.5, 0.6) is 0 Å². The fourth-order valence-electron chi connectivity index (χ4n) is 4.66. The van der Waals surface area contributed by atoms with Gasteiger partial charge in [0.1, 0.15) is 17.7 Å². The Kier molecular flexibility index (Phi) is 7.92. The molecule has 9 heteroatoms. The Morgan fingerprint density at radius 1 is 0.975 bits per heavy atom. The van der Waals surface area contributed by atoms with Crippen molar-refractivity contribution in [2.75, 3.05) is 11.9 Å². The van der Waals surface area contributed by atoms with Crippen LogP contribution in [0.15, 0.2) is 72.8 Å². The summed E-state index contributed by atoms with van der Waals surface area (Å²) in [5, 5.41) is 2.68. The van der Waals surface area contributed by atoms with Gasteiger partial charge in [0, 0.05) is 11.6 Å². The van der Waals surface area contributed by atoms with Gasteiger partial charge < -0.3 is 9.47 Å². The average Bonchev–Trinajstić information content (AvgIpc) is 3.66. The van der Waals surface area contributed by atoms with Gasteiger partial charge in [0.25, 0.3) is 0 Å². The van der Waals surface area contributed by atoms with E-state index in [1.54, 1.807) is 6.07 Å². The highest BCUT2D eigenvalue weighted by molar-refractivity contribution is 7.20. The molecule has 40 heavy (non-hydrogen) atoms. The minimum atomic E-state index is -0.934. The number of esters is 1. The van der Waals surface area contributed by atoms with Gasteiger partial charge in [-0.05, 0) is 67.1 Å². The van der Waals surface area contributed by atoms with Crippen molar-refractivity contribution < 1.29 is 27.8 Å². The third kappa shape index (κ3) is 5.74. The molecule has 0 bridgehead atoms. The highest BCUT2D eigenvalue weighted by atomic mass is 35.5. The van der Waals surface area contributed by atoms with Crippen LogP contribution in [0.1, 0.15) is 43.9 Å². The maximum atomic E-state index is 14.1. The van der Waals surface area contributed by atoms with E-state index in [9.17, 15) is 18.4 Å². The molecule has 1 atom stereocenters. The van der Waals surface area contributed by atoms with Crippen molar-refractivity contribution in [2.24, 2.45) is 0 Å². The Labute approximate surface area is 239 Å². The summed E-state index contributed by atoms with van der Waals surface area (Å²) in [6, 6.07) is 20.5. The lowest BCUT2D eigenvalue weighted by atomic mass is 9.93. The zero-order chi connectivity index (χ0) is 28.4. The van der Waals surface area contributed by atoms with Gasteiger partial charge in [-0.2, -0.15) is 0 Å². The number of thiophene rings is 1. The molecule has 5 nitrogen and oxygen atoms in total. The number of rotatable bonds is 8. The zero-order valence-corrected chi connectivity index (χ0v) is 23.4. The quantitative estimate of drug-likeness (QED) is 0.211. The second-order valence-electron chi connectivity index (χ2n) is 9.59. The van der Waals surface area contributed by atoms with Crippen molar-refractivity contribution in [3.05, 3.63) is 99.9 Å². The number of benzene rings is 3. The van der Waals surface area contributed by atoms with Gasteiger partial charge in [0.05, 0.1) is 26.9 Å². The summed E-state index contributed by atoms with van der Waals surface area (Å²) in [6.07, 6.45) is -0.125. The van der Waals surface area contributed by atoms with Crippen LogP contribution in [0.3, 0.4) is 0 Å². The van der Waals surface area contributed by atoms with Crippen LogP contribution in [0.2, 0.25) is 4.34 Å². The molecule has 1 aliphatic rings. The van der Waals surface area contributed by atoms with Crippen molar-refractivity contribution in [1.82, 2.24) is 0 Å². The fraction of sp³-hybridized carbons (Fsp3) is 0.226. The van der Waals surface area contributed by atoms with E-state index < -0.39 is 29.2 Å². The Bertz CT molecular complexity index is 1550. The molecule has 1 N–H and O–H groups in total. The van der Waals surface area contributed by atoms with Crippen LogP contribution in [0, 0.1) is 11.6 Å². The van der Waals surface area contributed by atoms with E-state index >= 15 is 0 Å². The summed E-state index contributed by atoms with van der Waals surface area (Å²) in [5.41, 5.74) is 3.82. The molecule has 0 saturated heterocycles. The van der Waals surface area contributed by atoms with Crippen LogP contribution in [0.25, 0.3) is 21.6 Å². The summed E-state index contributed by atoms with van der Waals surface area (Å²) in [6.45, 7) is 3.69. The van der Waals surface area contributed by atoms with Crippen LogP contribution < -0.4 is 5.32 Å². The molecule has 1 heterocycles. The molecule has 5 rings (SSSR count). The first kappa shape index (κ1) is 27.8. The molecular formula is C31H26ClF2NO4S. The van der Waals surface area contributed by atoms with E-state index in [-0.39, 0.29) is 11.5 Å². The number of halogens is 3. The lowest BCUT2D eigenvalue weighted by Crippen LogP contribution is -2.23. The lowest BCUT2D eigenvalue weighted by Gasteiger charge is -2.15. The molecule has 1 aliphatic carbocycles. The van der Waals surface area contributed by atoms with Gasteiger partial charge in [-0.15, -0.1) is 11.3 Å². The van der Waals surface area contributed by atoms with E-state index in [0.29, 0.717) is 16.6 Å². The molecule has 0 radical (unpaired) electrons. The van der Waals surface area contributed by atoms with Gasteiger partial charge >= 0.3 is 12.1 Å². The first-order chi connectivity index (χ1) is 19.2. The molecular weight excluding hydrogens is 556 g/mol. The molecule has 0 spiro atoms. The molecule has 1 aromatic heterocycles. The average molecular weight is 582 g/mol. The summed E-state index contributed by atoms with van der Waals surface area (Å²) in [5.74, 6) is -1.66. The summed E-state index contributed by atoms with van der Waals surface area (Å²) in [4.78, 5) is 25.7. The minimum absolute atomic E-state index is 0.0666. The van der Waals surface area contributed by atoms with E-state index in [1.807, 2.05) is 55.5 Å². The van der Waals surface area contributed by atoms with Gasteiger partial charge in [-0.3, -0.25) is 10.1 Å². The number of carbonyl (C=O) groups excluding carboxylic acids is 2. The predicted molar refractivity (Wildman–Crippen MR) is 153 cm³/mol. The molecule has 206 valence electrons. The minimum Gasteiger partial charge on any atom is -0.465 e. The van der Waals surface area contributed by atoms with E-state index in [0.717, 1.165) is 52.1 Å². The van der Waals surface area contributed by atoms with Crippen molar-refractivity contribution in [3.63, 3.8) is 0 Å². The number of ether oxygens (including phenoxy) is 2. The van der Waals surface area contributed by atoms with Gasteiger partial charge in [0.15, 0.2) is 0 Å². The normalized spacial score (nSPS) is 14.3. The first-order valence-electron chi connectivity index (χ1n) is 12.8. The van der Waals surface area contributed by atoms with Crippen LogP contribution >= 0.6 is 22.9 Å². The zero-order valence-electron chi connectivity index (χ0n) is 21.8.